The number of nitrogens with one attached hydrogen (secondary N) is 1. The van der Waals surface area contributed by atoms with Crippen LogP contribution < -0.4 is 5.32 Å². The Kier molecular flexibility index (Phi) is 6.19. The molecule has 2 heterocycles. The van der Waals surface area contributed by atoms with Crippen molar-refractivity contribution >= 4 is 11.8 Å². The third-order valence-electron chi connectivity index (χ3n) is 5.32. The molecule has 1 aliphatic carbocycles. The van der Waals surface area contributed by atoms with Gasteiger partial charge < -0.3 is 14.7 Å². The van der Waals surface area contributed by atoms with Crippen LogP contribution in [-0.4, -0.2) is 70.5 Å². The number of carbonyl (C=O) groups is 2. The molecule has 0 atom stereocenters. The van der Waals surface area contributed by atoms with Crippen molar-refractivity contribution in [2.75, 3.05) is 32.7 Å². The molecule has 1 aromatic heterocycles. The molecule has 154 valence electrons. The zero-order valence-corrected chi connectivity index (χ0v) is 16.5. The lowest BCUT2D eigenvalue weighted by Gasteiger charge is -2.34. The van der Waals surface area contributed by atoms with Gasteiger partial charge in [-0.3, -0.25) is 14.5 Å². The Hall–Kier alpha value is -2.74. The maximum absolute atomic E-state index is 12.5. The summed E-state index contributed by atoms with van der Waals surface area (Å²) >= 11 is 0. The average molecular weight is 397 g/mol. The quantitative estimate of drug-likeness (QED) is 0.726. The molecule has 2 fully saturated rings. The maximum atomic E-state index is 12.5. The number of carbonyl (C=O) groups excluding carboxylic acids is 2. The van der Waals surface area contributed by atoms with E-state index in [9.17, 15) is 9.59 Å². The van der Waals surface area contributed by atoms with Gasteiger partial charge in [0.05, 0.1) is 6.54 Å². The zero-order chi connectivity index (χ0) is 20.1. The van der Waals surface area contributed by atoms with Crippen molar-refractivity contribution in [1.29, 1.82) is 0 Å². The Balaban J connectivity index is 1.15. The lowest BCUT2D eigenvalue weighted by molar-refractivity contribution is -0.133. The molecule has 29 heavy (non-hydrogen) atoms. The molecule has 0 bridgehead atoms. The number of hydrogen-bond acceptors (Lipinski definition) is 6. The van der Waals surface area contributed by atoms with E-state index >= 15 is 0 Å². The summed E-state index contributed by atoms with van der Waals surface area (Å²) in [4.78, 5) is 32.8. The second-order valence-electron chi connectivity index (χ2n) is 7.73. The van der Waals surface area contributed by atoms with E-state index in [0.29, 0.717) is 56.7 Å². The number of aromatic nitrogens is 2. The maximum Gasteiger partial charge on any atom is 0.234 e. The normalized spacial score (nSPS) is 17.3. The van der Waals surface area contributed by atoms with E-state index in [2.05, 4.69) is 20.4 Å². The zero-order valence-electron chi connectivity index (χ0n) is 16.5. The molecule has 1 aliphatic heterocycles. The van der Waals surface area contributed by atoms with Crippen molar-refractivity contribution in [2.24, 2.45) is 0 Å². The lowest BCUT2D eigenvalue weighted by atomic mass is 10.2. The monoisotopic (exact) mass is 397 g/mol. The van der Waals surface area contributed by atoms with Crippen LogP contribution in [-0.2, 0) is 16.0 Å². The number of nitrogens with zero attached hydrogens (tertiary/aromatic N) is 4. The third kappa shape index (κ3) is 5.63. The van der Waals surface area contributed by atoms with Crippen LogP contribution in [0.3, 0.4) is 0 Å². The summed E-state index contributed by atoms with van der Waals surface area (Å²) < 4.78 is 5.30. The van der Waals surface area contributed by atoms with Crippen molar-refractivity contribution in [3.8, 4) is 11.4 Å². The van der Waals surface area contributed by atoms with Gasteiger partial charge >= 0.3 is 0 Å². The Bertz CT molecular complexity index is 826. The minimum Gasteiger partial charge on any atom is -0.352 e. The Morgan fingerprint density at radius 3 is 2.59 bits per heavy atom. The summed E-state index contributed by atoms with van der Waals surface area (Å²) in [6.45, 7) is 3.27. The summed E-state index contributed by atoms with van der Waals surface area (Å²) in [5.41, 5.74) is 0.919. The molecular weight excluding hydrogens is 370 g/mol. The van der Waals surface area contributed by atoms with E-state index in [4.69, 9.17) is 4.52 Å². The first-order valence-corrected chi connectivity index (χ1v) is 10.3. The number of amides is 2. The van der Waals surface area contributed by atoms with Gasteiger partial charge in [0.1, 0.15) is 0 Å². The van der Waals surface area contributed by atoms with Crippen LogP contribution in [0.2, 0.25) is 0 Å². The molecule has 8 heteroatoms. The minimum absolute atomic E-state index is 0.0988. The number of hydrogen-bond donors (Lipinski definition) is 1. The van der Waals surface area contributed by atoms with E-state index in [0.717, 1.165) is 31.5 Å². The van der Waals surface area contributed by atoms with Crippen LogP contribution in [0.4, 0.5) is 0 Å². The fourth-order valence-electron chi connectivity index (χ4n) is 3.47. The highest BCUT2D eigenvalue weighted by atomic mass is 16.5. The molecule has 1 saturated heterocycles. The van der Waals surface area contributed by atoms with Crippen molar-refractivity contribution in [2.45, 2.75) is 38.1 Å². The molecule has 2 aromatic rings. The molecule has 2 amide bonds. The predicted octanol–water partition coefficient (Wildman–Crippen LogP) is 1.48. The molecule has 1 N–H and O–H groups in total. The number of aryl methyl sites for hydroxylation is 1. The fraction of sp³-hybridized carbons (Fsp3) is 0.524. The van der Waals surface area contributed by atoms with E-state index in [-0.39, 0.29) is 11.8 Å². The second-order valence-corrected chi connectivity index (χ2v) is 7.73. The first-order valence-electron chi connectivity index (χ1n) is 10.3. The average Bonchev–Trinajstić information content (AvgIpc) is 3.42. The minimum atomic E-state index is 0.0988. The first-order chi connectivity index (χ1) is 14.2. The van der Waals surface area contributed by atoms with Gasteiger partial charge in [-0.2, -0.15) is 4.98 Å². The van der Waals surface area contributed by atoms with Crippen molar-refractivity contribution in [3.63, 3.8) is 0 Å². The van der Waals surface area contributed by atoms with Crippen molar-refractivity contribution in [1.82, 2.24) is 25.3 Å². The Morgan fingerprint density at radius 2 is 1.86 bits per heavy atom. The van der Waals surface area contributed by atoms with E-state index in [1.54, 1.807) is 0 Å². The molecule has 8 nitrogen and oxygen atoms in total. The Labute approximate surface area is 170 Å². The molecule has 0 radical (unpaired) electrons. The van der Waals surface area contributed by atoms with Gasteiger partial charge in [-0.25, -0.2) is 0 Å². The molecule has 1 aromatic carbocycles. The van der Waals surface area contributed by atoms with Gasteiger partial charge in [-0.15, -0.1) is 0 Å². The van der Waals surface area contributed by atoms with Gasteiger partial charge in [0.2, 0.25) is 23.5 Å². The van der Waals surface area contributed by atoms with Crippen molar-refractivity contribution in [3.05, 3.63) is 36.2 Å². The van der Waals surface area contributed by atoms with Crippen LogP contribution in [0.1, 0.15) is 31.6 Å². The molecule has 2 aliphatic rings. The summed E-state index contributed by atoms with van der Waals surface area (Å²) in [7, 11) is 0. The van der Waals surface area contributed by atoms with E-state index in [1.165, 1.54) is 0 Å². The standard InChI is InChI=1S/C21H27N5O3/c27-18(22-17-9-10-17)15-25-11-13-26(14-12-25)20(28)8-4-7-19-23-21(24-29-19)16-5-2-1-3-6-16/h1-3,5-6,17H,4,7-15H2,(H,22,27). The van der Waals surface area contributed by atoms with Crippen molar-refractivity contribution < 1.29 is 14.1 Å². The van der Waals surface area contributed by atoms with Gasteiger partial charge in [-0.1, -0.05) is 35.5 Å². The molecule has 0 spiro atoms. The SMILES string of the molecule is O=C(CN1CCN(C(=O)CCCc2nc(-c3ccccc3)no2)CC1)NC1CC1. The smallest absolute Gasteiger partial charge is 0.234 e. The van der Waals surface area contributed by atoms with Gasteiger partial charge in [0.25, 0.3) is 0 Å². The van der Waals surface area contributed by atoms with Gasteiger partial charge in [0.15, 0.2) is 0 Å². The largest absolute Gasteiger partial charge is 0.352 e. The topological polar surface area (TPSA) is 91.6 Å². The van der Waals surface area contributed by atoms with Crippen LogP contribution in [0.25, 0.3) is 11.4 Å². The van der Waals surface area contributed by atoms with Crippen LogP contribution in [0.5, 0.6) is 0 Å². The third-order valence-corrected chi connectivity index (χ3v) is 5.32. The summed E-state index contributed by atoms with van der Waals surface area (Å²) in [5.74, 6) is 1.38. The van der Waals surface area contributed by atoms with E-state index in [1.807, 2.05) is 35.2 Å². The summed E-state index contributed by atoms with van der Waals surface area (Å²) in [5, 5.41) is 7.02. The van der Waals surface area contributed by atoms with Crippen LogP contribution in [0, 0.1) is 0 Å². The van der Waals surface area contributed by atoms with Gasteiger partial charge in [-0.05, 0) is 19.3 Å². The second kappa shape index (κ2) is 9.17. The summed E-state index contributed by atoms with van der Waals surface area (Å²) in [6.07, 6.45) is 3.94. The molecule has 1 saturated carbocycles. The molecular formula is C21H27N5O3. The first kappa shape index (κ1) is 19.6. The van der Waals surface area contributed by atoms with Crippen LogP contribution >= 0.6 is 0 Å². The molecule has 0 unspecified atom stereocenters. The lowest BCUT2D eigenvalue weighted by Crippen LogP contribution is -2.51. The highest BCUT2D eigenvalue weighted by Gasteiger charge is 2.26. The number of piperazine rings is 1. The highest BCUT2D eigenvalue weighted by Crippen LogP contribution is 2.18. The Morgan fingerprint density at radius 1 is 1.10 bits per heavy atom. The summed E-state index contributed by atoms with van der Waals surface area (Å²) in [6, 6.07) is 10.1. The van der Waals surface area contributed by atoms with E-state index < -0.39 is 0 Å². The van der Waals surface area contributed by atoms with Crippen LogP contribution in [0.15, 0.2) is 34.9 Å². The molecule has 4 rings (SSSR count). The fourth-order valence-corrected chi connectivity index (χ4v) is 3.47. The number of rotatable bonds is 8. The number of benzene rings is 1. The van der Waals surface area contributed by atoms with Gasteiger partial charge in [0, 0.05) is 50.6 Å². The predicted molar refractivity (Wildman–Crippen MR) is 107 cm³/mol. The highest BCUT2D eigenvalue weighted by molar-refractivity contribution is 5.79.